The number of piperidine rings is 1. The Balaban J connectivity index is 1.78. The molecule has 2 amide bonds. The van der Waals surface area contributed by atoms with Gasteiger partial charge in [-0.15, -0.1) is 0 Å². The van der Waals surface area contributed by atoms with Crippen LogP contribution in [0.5, 0.6) is 5.75 Å². The van der Waals surface area contributed by atoms with E-state index in [1.165, 1.54) is 12.1 Å². The molecule has 4 unspecified atom stereocenters. The number of nitrogens with zero attached hydrogens (tertiary/aromatic N) is 2. The summed E-state index contributed by atoms with van der Waals surface area (Å²) in [5.74, 6) is 0.270. The number of phenols is 1. The number of fused-ring (bicyclic) bond motifs is 1. The van der Waals surface area contributed by atoms with E-state index in [9.17, 15) is 20.0 Å². The third-order valence-electron chi connectivity index (χ3n) is 4.87. The largest absolute Gasteiger partial charge is 0.508 e. The number of nitriles is 1. The number of benzene rings is 1. The van der Waals surface area contributed by atoms with Crippen molar-refractivity contribution < 1.29 is 19.4 Å². The molecule has 0 spiro atoms. The number of rotatable bonds is 4. The molecule has 1 aromatic rings. The monoisotopic (exact) mass is 371 g/mol. The fraction of sp³-hybridized carbons (Fsp3) is 0.550. The van der Waals surface area contributed by atoms with Crippen LogP contribution >= 0.6 is 0 Å². The van der Waals surface area contributed by atoms with Crippen molar-refractivity contribution in [3.05, 3.63) is 29.8 Å². The summed E-state index contributed by atoms with van der Waals surface area (Å²) >= 11 is 0. The molecule has 3 rings (SSSR count). The van der Waals surface area contributed by atoms with Crippen LogP contribution in [0.25, 0.3) is 0 Å². The second-order valence-corrected chi connectivity index (χ2v) is 8.26. The maximum Gasteiger partial charge on any atom is 0.408 e. The van der Waals surface area contributed by atoms with Crippen LogP contribution in [0.2, 0.25) is 0 Å². The summed E-state index contributed by atoms with van der Waals surface area (Å²) in [5.41, 5.74) is 0.114. The van der Waals surface area contributed by atoms with Gasteiger partial charge in [-0.2, -0.15) is 5.26 Å². The Kier molecular flexibility index (Phi) is 5.01. The smallest absolute Gasteiger partial charge is 0.408 e. The van der Waals surface area contributed by atoms with E-state index >= 15 is 0 Å². The van der Waals surface area contributed by atoms with Crippen LogP contribution in [-0.4, -0.2) is 45.7 Å². The van der Waals surface area contributed by atoms with Crippen molar-refractivity contribution in [1.29, 1.82) is 5.26 Å². The summed E-state index contributed by atoms with van der Waals surface area (Å²) in [4.78, 5) is 27.1. The van der Waals surface area contributed by atoms with Gasteiger partial charge in [0.15, 0.2) is 0 Å². The zero-order valence-electron chi connectivity index (χ0n) is 15.8. The third-order valence-corrected chi connectivity index (χ3v) is 4.87. The summed E-state index contributed by atoms with van der Waals surface area (Å²) in [7, 11) is 0. The molecule has 1 aliphatic heterocycles. The fourth-order valence-corrected chi connectivity index (χ4v) is 3.59. The highest BCUT2D eigenvalue weighted by Crippen LogP contribution is 2.47. The summed E-state index contributed by atoms with van der Waals surface area (Å²) in [6, 6.07) is 7.52. The van der Waals surface area contributed by atoms with E-state index in [0.29, 0.717) is 12.3 Å². The van der Waals surface area contributed by atoms with Crippen LogP contribution < -0.4 is 5.32 Å². The van der Waals surface area contributed by atoms with Crippen molar-refractivity contribution in [1.82, 2.24) is 10.2 Å². The molecule has 2 aliphatic rings. The van der Waals surface area contributed by atoms with Gasteiger partial charge in [0.05, 0.1) is 6.07 Å². The normalized spacial score (nSPS) is 24.5. The van der Waals surface area contributed by atoms with Gasteiger partial charge in [-0.25, -0.2) is 4.79 Å². The summed E-state index contributed by atoms with van der Waals surface area (Å²) in [6.07, 6.45) is 1.21. The first-order chi connectivity index (χ1) is 12.7. The minimum atomic E-state index is -0.834. The molecule has 1 aromatic carbocycles. The van der Waals surface area contributed by atoms with E-state index in [0.717, 1.165) is 12.0 Å². The van der Waals surface area contributed by atoms with Crippen LogP contribution in [0.3, 0.4) is 0 Å². The molecule has 7 heteroatoms. The maximum atomic E-state index is 13.2. The van der Waals surface area contributed by atoms with Gasteiger partial charge in [0.25, 0.3) is 0 Å². The Morgan fingerprint density at radius 2 is 2.00 bits per heavy atom. The average molecular weight is 371 g/mol. The SMILES string of the molecule is CC(C)(C)OC(=O)NC(Cc1ccc(O)cc1)C(=O)N1C(C#N)CC2CC21. The summed E-state index contributed by atoms with van der Waals surface area (Å²) < 4.78 is 5.30. The van der Waals surface area contributed by atoms with Gasteiger partial charge in [0.1, 0.15) is 23.4 Å². The number of carbonyl (C=O) groups excluding carboxylic acids is 2. The van der Waals surface area contributed by atoms with Crippen molar-refractivity contribution in [2.45, 2.75) is 63.8 Å². The number of alkyl carbamates (subject to hydrolysis) is 1. The predicted molar refractivity (Wildman–Crippen MR) is 97.7 cm³/mol. The third kappa shape index (κ3) is 4.51. The lowest BCUT2D eigenvalue weighted by Crippen LogP contribution is -2.52. The van der Waals surface area contributed by atoms with Crippen molar-refractivity contribution in [2.75, 3.05) is 0 Å². The number of ether oxygens (including phenoxy) is 1. The van der Waals surface area contributed by atoms with Gasteiger partial charge in [0, 0.05) is 12.5 Å². The first kappa shape index (κ1) is 19.0. The second kappa shape index (κ2) is 7.10. The number of amides is 2. The second-order valence-electron chi connectivity index (χ2n) is 8.26. The Labute approximate surface area is 158 Å². The Morgan fingerprint density at radius 1 is 1.33 bits per heavy atom. The number of carbonyl (C=O) groups is 2. The highest BCUT2D eigenvalue weighted by atomic mass is 16.6. The first-order valence-corrected chi connectivity index (χ1v) is 9.17. The van der Waals surface area contributed by atoms with E-state index < -0.39 is 23.8 Å². The topological polar surface area (TPSA) is 103 Å². The zero-order chi connectivity index (χ0) is 19.8. The molecule has 27 heavy (non-hydrogen) atoms. The molecule has 4 atom stereocenters. The molecule has 1 aliphatic carbocycles. The van der Waals surface area contributed by atoms with Crippen LogP contribution in [0, 0.1) is 17.2 Å². The van der Waals surface area contributed by atoms with Gasteiger partial charge in [-0.3, -0.25) is 4.79 Å². The first-order valence-electron chi connectivity index (χ1n) is 9.17. The molecule has 144 valence electrons. The Morgan fingerprint density at radius 3 is 2.59 bits per heavy atom. The van der Waals surface area contributed by atoms with Gasteiger partial charge in [-0.1, -0.05) is 12.1 Å². The van der Waals surface area contributed by atoms with Gasteiger partial charge >= 0.3 is 6.09 Å². The van der Waals surface area contributed by atoms with E-state index in [4.69, 9.17) is 4.74 Å². The van der Waals surface area contributed by atoms with Gasteiger partial charge in [-0.05, 0) is 57.2 Å². The molecule has 7 nitrogen and oxygen atoms in total. The summed E-state index contributed by atoms with van der Waals surface area (Å²) in [6.45, 7) is 5.26. The van der Waals surface area contributed by atoms with Crippen molar-refractivity contribution in [3.8, 4) is 11.8 Å². The van der Waals surface area contributed by atoms with Crippen molar-refractivity contribution in [2.24, 2.45) is 5.92 Å². The zero-order valence-corrected chi connectivity index (χ0v) is 15.8. The van der Waals surface area contributed by atoms with Crippen LogP contribution in [0.1, 0.15) is 39.2 Å². The molecule has 1 heterocycles. The number of aromatic hydroxyl groups is 1. The lowest BCUT2D eigenvalue weighted by molar-refractivity contribution is -0.134. The van der Waals surface area contributed by atoms with E-state index in [1.54, 1.807) is 37.8 Å². The molecular weight excluding hydrogens is 346 g/mol. The van der Waals surface area contributed by atoms with E-state index in [-0.39, 0.29) is 24.1 Å². The molecular formula is C20H25N3O4. The van der Waals surface area contributed by atoms with Gasteiger partial charge in [0.2, 0.25) is 5.91 Å². The average Bonchev–Trinajstić information content (AvgIpc) is 3.24. The molecule has 1 saturated heterocycles. The van der Waals surface area contributed by atoms with Crippen molar-refractivity contribution in [3.63, 3.8) is 0 Å². The molecule has 0 aromatic heterocycles. The van der Waals surface area contributed by atoms with Crippen LogP contribution in [-0.2, 0) is 16.0 Å². The van der Waals surface area contributed by atoms with E-state index in [1.807, 2.05) is 0 Å². The van der Waals surface area contributed by atoms with Crippen LogP contribution in [0.4, 0.5) is 4.79 Å². The Bertz CT molecular complexity index is 763. The minimum absolute atomic E-state index is 0.102. The number of hydrogen-bond acceptors (Lipinski definition) is 5. The Hall–Kier alpha value is -2.75. The molecule has 0 bridgehead atoms. The highest BCUT2D eigenvalue weighted by Gasteiger charge is 2.55. The number of phenolic OH excluding ortho intramolecular Hbond substituents is 1. The standard InChI is InChI=1S/C20H25N3O4/c1-20(2,3)27-19(26)22-16(8-12-4-6-15(24)7-5-12)18(25)23-14(11-21)9-13-10-17(13)23/h4-7,13-14,16-17,24H,8-10H2,1-3H3,(H,22,26). The maximum absolute atomic E-state index is 13.2. The molecule has 0 radical (unpaired) electrons. The lowest BCUT2D eigenvalue weighted by Gasteiger charge is -2.29. The minimum Gasteiger partial charge on any atom is -0.508 e. The lowest BCUT2D eigenvalue weighted by atomic mass is 10.0. The number of nitrogens with one attached hydrogen (secondary N) is 1. The molecule has 2 N–H and O–H groups in total. The molecule has 2 fully saturated rings. The van der Waals surface area contributed by atoms with Crippen LogP contribution in [0.15, 0.2) is 24.3 Å². The van der Waals surface area contributed by atoms with E-state index in [2.05, 4.69) is 11.4 Å². The predicted octanol–water partition coefficient (Wildman–Crippen LogP) is 2.34. The molecule has 1 saturated carbocycles. The quantitative estimate of drug-likeness (QED) is 0.846. The van der Waals surface area contributed by atoms with Crippen molar-refractivity contribution >= 4 is 12.0 Å². The fourth-order valence-electron chi connectivity index (χ4n) is 3.59. The number of hydrogen-bond donors (Lipinski definition) is 2. The van der Waals surface area contributed by atoms with Gasteiger partial charge < -0.3 is 20.1 Å². The highest BCUT2D eigenvalue weighted by molar-refractivity contribution is 5.87. The number of likely N-dealkylation sites (tertiary alicyclic amines) is 1. The summed E-state index contributed by atoms with van der Waals surface area (Å²) in [5, 5.41) is 21.5.